The van der Waals surface area contributed by atoms with Gasteiger partial charge in [0.15, 0.2) is 0 Å². The third-order valence-electron chi connectivity index (χ3n) is 4.28. The monoisotopic (exact) mass is 449 g/mol. The predicted molar refractivity (Wildman–Crippen MR) is 95.9 cm³/mol. The van der Waals surface area contributed by atoms with Crippen LogP contribution in [0.25, 0.3) is 0 Å². The maximum atomic E-state index is 13.5. The highest BCUT2D eigenvalue weighted by molar-refractivity contribution is 5.82. The molecule has 0 spiro atoms. The summed E-state index contributed by atoms with van der Waals surface area (Å²) in [5.74, 6) is -1.36. The Morgan fingerprint density at radius 3 is 2.10 bits per heavy atom. The van der Waals surface area contributed by atoms with Crippen LogP contribution in [0.5, 0.6) is 0 Å². The molecule has 0 aliphatic carbocycles. The molecule has 0 aliphatic rings. The lowest BCUT2D eigenvalue weighted by Crippen LogP contribution is -2.47. The largest absolute Gasteiger partial charge is 0.480 e. The van der Waals surface area contributed by atoms with E-state index in [1.807, 2.05) is 0 Å². The number of hydrogen-bond acceptors (Lipinski definition) is 3. The minimum atomic E-state index is -4.86. The number of alkyl halides is 6. The lowest BCUT2D eigenvalue weighted by Gasteiger charge is -2.24. The molecule has 1 unspecified atom stereocenters. The second-order valence-electron chi connectivity index (χ2n) is 6.40. The molecule has 0 aliphatic heterocycles. The minimum Gasteiger partial charge on any atom is -0.480 e. The number of benzene rings is 1. The highest BCUT2D eigenvalue weighted by atomic mass is 19.4. The summed E-state index contributed by atoms with van der Waals surface area (Å²) < 4.78 is 78.9. The smallest absolute Gasteiger partial charge is 0.418 e. The Bertz CT molecular complexity index is 929. The molecule has 168 valence electrons. The molecule has 0 fully saturated rings. The number of hydrogen-bond donors (Lipinski definition) is 3. The van der Waals surface area contributed by atoms with E-state index < -0.39 is 53.3 Å². The Kier molecular flexibility index (Phi) is 7.13. The standard InChI is InChI=1S/C19H17F6N3O3/c1-2-13(16(29)30)27-17(31)28-14(10-5-7-11(8-6-10)18(20,21)22)15-12(19(23,24)25)4-3-9-26-15/h3-9,13-14H,2H2,1H3,(H,29,30)(H2,27,28,31)/t13-,14?/m0/s1. The van der Waals surface area contributed by atoms with Crippen LogP contribution in [0.1, 0.15) is 41.8 Å². The molecule has 31 heavy (non-hydrogen) atoms. The van der Waals surface area contributed by atoms with E-state index in [9.17, 15) is 35.9 Å². The second kappa shape index (κ2) is 9.23. The van der Waals surface area contributed by atoms with Gasteiger partial charge in [0.1, 0.15) is 6.04 Å². The fourth-order valence-corrected chi connectivity index (χ4v) is 2.73. The molecule has 2 aromatic rings. The van der Waals surface area contributed by atoms with Crippen LogP contribution in [-0.2, 0) is 17.1 Å². The van der Waals surface area contributed by atoms with Crippen molar-refractivity contribution in [3.05, 3.63) is 65.0 Å². The zero-order valence-corrected chi connectivity index (χ0v) is 15.9. The second-order valence-corrected chi connectivity index (χ2v) is 6.40. The molecule has 2 rings (SSSR count). The zero-order valence-electron chi connectivity index (χ0n) is 15.9. The number of carbonyl (C=O) groups is 2. The number of rotatable bonds is 6. The van der Waals surface area contributed by atoms with Gasteiger partial charge in [0.25, 0.3) is 0 Å². The minimum absolute atomic E-state index is 0.00884. The number of carboxylic acid groups (broad SMARTS) is 1. The number of carboxylic acids is 1. The van der Waals surface area contributed by atoms with Gasteiger partial charge < -0.3 is 15.7 Å². The van der Waals surface area contributed by atoms with Crippen LogP contribution < -0.4 is 10.6 Å². The number of pyridine rings is 1. The van der Waals surface area contributed by atoms with Gasteiger partial charge in [-0.1, -0.05) is 19.1 Å². The molecule has 2 atom stereocenters. The molecule has 0 saturated carbocycles. The number of nitrogens with one attached hydrogen (secondary N) is 2. The van der Waals surface area contributed by atoms with Gasteiger partial charge in [-0.15, -0.1) is 0 Å². The molecular formula is C19H17F6N3O3. The van der Waals surface area contributed by atoms with Gasteiger partial charge in [-0.25, -0.2) is 9.59 Å². The maximum absolute atomic E-state index is 13.5. The molecule has 12 heteroatoms. The number of amides is 2. The summed E-state index contributed by atoms with van der Waals surface area (Å²) in [6.07, 6.45) is -8.51. The summed E-state index contributed by atoms with van der Waals surface area (Å²) in [5.41, 5.74) is -3.01. The first-order chi connectivity index (χ1) is 14.3. The van der Waals surface area contributed by atoms with Crippen molar-refractivity contribution in [2.45, 2.75) is 37.8 Å². The average Bonchev–Trinajstić information content (AvgIpc) is 2.69. The van der Waals surface area contributed by atoms with Gasteiger partial charge in [-0.2, -0.15) is 26.3 Å². The average molecular weight is 449 g/mol. The summed E-state index contributed by atoms with van der Waals surface area (Å²) in [6.45, 7) is 1.47. The van der Waals surface area contributed by atoms with E-state index in [0.717, 1.165) is 24.4 Å². The van der Waals surface area contributed by atoms with E-state index in [0.29, 0.717) is 18.2 Å². The van der Waals surface area contributed by atoms with Gasteiger partial charge >= 0.3 is 24.4 Å². The molecule has 1 aromatic carbocycles. The first-order valence-electron chi connectivity index (χ1n) is 8.83. The third-order valence-corrected chi connectivity index (χ3v) is 4.28. The van der Waals surface area contributed by atoms with E-state index in [2.05, 4.69) is 15.6 Å². The van der Waals surface area contributed by atoms with E-state index in [1.54, 1.807) is 0 Å². The lowest BCUT2D eigenvalue weighted by molar-refractivity contribution is -0.139. The van der Waals surface area contributed by atoms with Crippen LogP contribution >= 0.6 is 0 Å². The number of aromatic nitrogens is 1. The Labute approximate surface area is 172 Å². The van der Waals surface area contributed by atoms with Crippen LogP contribution in [0.2, 0.25) is 0 Å². The predicted octanol–water partition coefficient (Wildman–Crippen LogP) is 4.37. The Balaban J connectivity index is 2.49. The molecule has 0 bridgehead atoms. The first kappa shape index (κ1) is 24.0. The summed E-state index contributed by atoms with van der Waals surface area (Å²) in [7, 11) is 0. The van der Waals surface area contributed by atoms with Gasteiger partial charge in [-0.05, 0) is 36.2 Å². The molecule has 1 heterocycles. The van der Waals surface area contributed by atoms with Gasteiger partial charge in [0.05, 0.1) is 22.9 Å². The van der Waals surface area contributed by atoms with Crippen LogP contribution in [0.4, 0.5) is 31.1 Å². The number of carbonyl (C=O) groups excluding carboxylic acids is 1. The van der Waals surface area contributed by atoms with Crippen LogP contribution in [-0.4, -0.2) is 28.1 Å². The summed E-state index contributed by atoms with van der Waals surface area (Å²) in [5, 5.41) is 13.3. The quantitative estimate of drug-likeness (QED) is 0.572. The van der Waals surface area contributed by atoms with Crippen molar-refractivity contribution in [3.63, 3.8) is 0 Å². The van der Waals surface area contributed by atoms with E-state index in [1.165, 1.54) is 6.92 Å². The first-order valence-corrected chi connectivity index (χ1v) is 8.83. The molecule has 0 radical (unpaired) electrons. The van der Waals surface area contributed by atoms with Crippen molar-refractivity contribution in [2.24, 2.45) is 0 Å². The third kappa shape index (κ3) is 6.09. The van der Waals surface area contributed by atoms with Gasteiger partial charge in [0, 0.05) is 6.20 Å². The number of nitrogens with zero attached hydrogens (tertiary/aromatic N) is 1. The molecule has 3 N–H and O–H groups in total. The van der Waals surface area contributed by atoms with Crippen molar-refractivity contribution in [1.29, 1.82) is 0 Å². The van der Waals surface area contributed by atoms with Crippen molar-refractivity contribution < 1.29 is 41.0 Å². The number of aliphatic carboxylic acids is 1. The van der Waals surface area contributed by atoms with Crippen molar-refractivity contribution in [1.82, 2.24) is 15.6 Å². The SMILES string of the molecule is CC[C@H](NC(=O)NC(c1ccc(C(F)(F)F)cc1)c1ncccc1C(F)(F)F)C(=O)O. The molecule has 2 amide bonds. The fourth-order valence-electron chi connectivity index (χ4n) is 2.73. The highest BCUT2D eigenvalue weighted by Crippen LogP contribution is 2.36. The van der Waals surface area contributed by atoms with Crippen LogP contribution in [0.3, 0.4) is 0 Å². The summed E-state index contributed by atoms with van der Waals surface area (Å²) in [6, 6.07) is 0.824. The van der Waals surface area contributed by atoms with Crippen molar-refractivity contribution >= 4 is 12.0 Å². The van der Waals surface area contributed by atoms with E-state index >= 15 is 0 Å². The summed E-state index contributed by atoms with van der Waals surface area (Å²) in [4.78, 5) is 27.1. The zero-order chi connectivity index (χ0) is 23.4. The lowest BCUT2D eigenvalue weighted by atomic mass is 9.98. The van der Waals surface area contributed by atoms with Crippen LogP contribution in [0.15, 0.2) is 42.6 Å². The topological polar surface area (TPSA) is 91.3 Å². The van der Waals surface area contributed by atoms with E-state index in [4.69, 9.17) is 5.11 Å². The molecule has 6 nitrogen and oxygen atoms in total. The molecule has 1 aromatic heterocycles. The highest BCUT2D eigenvalue weighted by Gasteiger charge is 2.37. The van der Waals surface area contributed by atoms with Crippen molar-refractivity contribution in [2.75, 3.05) is 0 Å². The maximum Gasteiger partial charge on any atom is 0.418 e. The Hall–Kier alpha value is -3.31. The molecular weight excluding hydrogens is 432 g/mol. The van der Waals surface area contributed by atoms with Gasteiger partial charge in [-0.3, -0.25) is 4.98 Å². The van der Waals surface area contributed by atoms with Crippen molar-refractivity contribution in [3.8, 4) is 0 Å². The van der Waals surface area contributed by atoms with Crippen LogP contribution in [0, 0.1) is 0 Å². The molecule has 0 saturated heterocycles. The Morgan fingerprint density at radius 2 is 1.61 bits per heavy atom. The fraction of sp³-hybridized carbons (Fsp3) is 0.316. The normalized spacial score (nSPS) is 13.9. The number of urea groups is 1. The summed E-state index contributed by atoms with van der Waals surface area (Å²) >= 11 is 0. The van der Waals surface area contributed by atoms with Gasteiger partial charge in [0.2, 0.25) is 0 Å². The Morgan fingerprint density at radius 1 is 1.00 bits per heavy atom. The number of halogens is 6. The van der Waals surface area contributed by atoms with E-state index in [-0.39, 0.29) is 12.0 Å².